The van der Waals surface area contributed by atoms with E-state index in [0.717, 1.165) is 14.7 Å². The molecule has 24 heavy (non-hydrogen) atoms. The van der Waals surface area contributed by atoms with E-state index in [0.29, 0.717) is 16.9 Å². The number of aryl methyl sites for hydroxylation is 2. The van der Waals surface area contributed by atoms with Gasteiger partial charge in [0.05, 0.1) is 10.2 Å². The summed E-state index contributed by atoms with van der Waals surface area (Å²) in [7, 11) is 0. The summed E-state index contributed by atoms with van der Waals surface area (Å²) in [5.41, 5.74) is 4.06. The van der Waals surface area contributed by atoms with Crippen molar-refractivity contribution in [1.29, 1.82) is 0 Å². The molecule has 5 heteroatoms. The van der Waals surface area contributed by atoms with Crippen LogP contribution in [0.5, 0.6) is 0 Å². The molecule has 0 saturated carbocycles. The predicted molar refractivity (Wildman–Crippen MR) is 104 cm³/mol. The molecule has 3 nitrogen and oxygen atoms in total. The Labute approximate surface area is 153 Å². The van der Waals surface area contributed by atoms with Crippen LogP contribution < -0.4 is 4.80 Å². The minimum Gasteiger partial charge on any atom is -0.312 e. The van der Waals surface area contributed by atoms with Crippen molar-refractivity contribution in [2.45, 2.75) is 20.4 Å². The molecule has 0 fully saturated rings. The second-order valence-electron chi connectivity index (χ2n) is 5.64. The fourth-order valence-electron chi connectivity index (χ4n) is 2.68. The third-order valence-electron chi connectivity index (χ3n) is 3.69. The largest absolute Gasteiger partial charge is 0.312 e. The molecule has 1 heterocycles. The van der Waals surface area contributed by atoms with Gasteiger partial charge in [-0.3, -0.25) is 4.79 Å². The van der Waals surface area contributed by atoms with Crippen molar-refractivity contribution in [2.24, 2.45) is 4.99 Å². The highest BCUT2D eigenvalue weighted by Gasteiger charge is 2.11. The van der Waals surface area contributed by atoms with Crippen molar-refractivity contribution in [3.05, 3.63) is 75.0 Å². The van der Waals surface area contributed by atoms with Crippen LogP contribution in [0.4, 0.5) is 0 Å². The number of hydrogen-bond donors (Lipinski definition) is 0. The number of hydrogen-bond acceptors (Lipinski definition) is 2. The number of allylic oxidation sites excluding steroid dienone is 1. The highest BCUT2D eigenvalue weighted by atomic mass is 79.9. The highest BCUT2D eigenvalue weighted by molar-refractivity contribution is 9.10. The van der Waals surface area contributed by atoms with E-state index in [1.165, 1.54) is 11.1 Å². The van der Waals surface area contributed by atoms with Gasteiger partial charge in [0.15, 0.2) is 4.80 Å². The van der Waals surface area contributed by atoms with Crippen LogP contribution in [0.2, 0.25) is 0 Å². The third-order valence-corrected chi connectivity index (χ3v) is 5.42. The topological polar surface area (TPSA) is 34.4 Å². The number of halogens is 1. The first-order valence-electron chi connectivity index (χ1n) is 7.55. The first-order chi connectivity index (χ1) is 11.5. The second-order valence-corrected chi connectivity index (χ2v) is 7.53. The molecule has 0 bridgehead atoms. The molecular formula is C19H17BrN2OS. The monoisotopic (exact) mass is 400 g/mol. The van der Waals surface area contributed by atoms with Crippen molar-refractivity contribution in [1.82, 2.24) is 4.57 Å². The number of benzene rings is 2. The number of thiazole rings is 1. The van der Waals surface area contributed by atoms with Crippen LogP contribution in [-0.4, -0.2) is 10.5 Å². The molecule has 0 radical (unpaired) electrons. The summed E-state index contributed by atoms with van der Waals surface area (Å²) in [6.45, 7) is 8.61. The summed E-state index contributed by atoms with van der Waals surface area (Å²) in [4.78, 5) is 17.6. The lowest BCUT2D eigenvalue weighted by molar-refractivity contribution is 0.0998. The summed E-state index contributed by atoms with van der Waals surface area (Å²) in [6, 6.07) is 11.6. The lowest BCUT2D eigenvalue weighted by atomic mass is 10.1. The lowest BCUT2D eigenvalue weighted by Gasteiger charge is -2.03. The van der Waals surface area contributed by atoms with Gasteiger partial charge in [-0.2, -0.15) is 4.99 Å². The average molecular weight is 401 g/mol. The Morgan fingerprint density at radius 1 is 1.33 bits per heavy atom. The van der Waals surface area contributed by atoms with Crippen LogP contribution in [0.1, 0.15) is 21.5 Å². The van der Waals surface area contributed by atoms with Crippen molar-refractivity contribution in [3.8, 4) is 0 Å². The molecule has 0 saturated heterocycles. The van der Waals surface area contributed by atoms with Crippen molar-refractivity contribution in [3.63, 3.8) is 0 Å². The number of nitrogens with zero attached hydrogens (tertiary/aromatic N) is 2. The number of carbonyl (C=O) groups excluding carboxylic acids is 1. The summed E-state index contributed by atoms with van der Waals surface area (Å²) in [5, 5.41) is 0. The van der Waals surface area contributed by atoms with Crippen LogP contribution in [0.25, 0.3) is 10.2 Å². The van der Waals surface area contributed by atoms with Gasteiger partial charge in [0, 0.05) is 16.6 Å². The van der Waals surface area contributed by atoms with E-state index < -0.39 is 0 Å². The lowest BCUT2D eigenvalue weighted by Crippen LogP contribution is -2.16. The Balaban J connectivity index is 2.21. The Morgan fingerprint density at radius 3 is 2.83 bits per heavy atom. The van der Waals surface area contributed by atoms with Gasteiger partial charge in [-0.1, -0.05) is 45.5 Å². The van der Waals surface area contributed by atoms with Crippen molar-refractivity contribution in [2.75, 3.05) is 0 Å². The summed E-state index contributed by atoms with van der Waals surface area (Å²) >= 11 is 4.93. The Hall–Kier alpha value is -1.98. The first kappa shape index (κ1) is 16.9. The van der Waals surface area contributed by atoms with E-state index in [2.05, 4.69) is 53.5 Å². The van der Waals surface area contributed by atoms with E-state index in [-0.39, 0.29) is 5.91 Å². The van der Waals surface area contributed by atoms with Gasteiger partial charge in [-0.25, -0.2) is 0 Å². The molecule has 0 unspecified atom stereocenters. The van der Waals surface area contributed by atoms with Crippen LogP contribution in [0.3, 0.4) is 0 Å². The van der Waals surface area contributed by atoms with Gasteiger partial charge in [-0.15, -0.1) is 6.58 Å². The van der Waals surface area contributed by atoms with E-state index >= 15 is 0 Å². The standard InChI is InChI=1S/C19H17BrN2OS/c1-4-8-22-16-10-12(2)9-13(3)17(16)24-19(22)21-18(23)14-6-5-7-15(20)11-14/h4-7,9-11H,1,8H2,2-3H3. The summed E-state index contributed by atoms with van der Waals surface area (Å²) < 4.78 is 4.07. The Bertz CT molecular complexity index is 1010. The second kappa shape index (κ2) is 6.87. The van der Waals surface area contributed by atoms with Gasteiger partial charge in [0.2, 0.25) is 0 Å². The van der Waals surface area contributed by atoms with Crippen molar-refractivity contribution >= 4 is 43.4 Å². The van der Waals surface area contributed by atoms with Crippen LogP contribution in [-0.2, 0) is 6.54 Å². The normalized spacial score (nSPS) is 11.9. The molecule has 3 rings (SSSR count). The predicted octanol–water partition coefficient (Wildman–Crippen LogP) is 5.01. The van der Waals surface area contributed by atoms with Crippen LogP contribution in [0.15, 0.2) is 58.5 Å². The molecule has 0 spiro atoms. The first-order valence-corrected chi connectivity index (χ1v) is 9.16. The van der Waals surface area contributed by atoms with E-state index in [1.54, 1.807) is 23.5 Å². The fraction of sp³-hybridized carbons (Fsp3) is 0.158. The van der Waals surface area contributed by atoms with Crippen LogP contribution >= 0.6 is 27.3 Å². The molecule has 0 N–H and O–H groups in total. The van der Waals surface area contributed by atoms with Gasteiger partial charge in [0.25, 0.3) is 5.91 Å². The highest BCUT2D eigenvalue weighted by Crippen LogP contribution is 2.23. The van der Waals surface area contributed by atoms with Gasteiger partial charge in [0.1, 0.15) is 0 Å². The number of aromatic nitrogens is 1. The summed E-state index contributed by atoms with van der Waals surface area (Å²) in [6.07, 6.45) is 1.83. The smallest absolute Gasteiger partial charge is 0.279 e. The van der Waals surface area contributed by atoms with E-state index in [4.69, 9.17) is 0 Å². The maximum atomic E-state index is 12.5. The van der Waals surface area contributed by atoms with Crippen LogP contribution in [0, 0.1) is 13.8 Å². The SMILES string of the molecule is C=CCn1c(=NC(=O)c2cccc(Br)c2)sc2c(C)cc(C)cc21. The third kappa shape index (κ3) is 3.28. The zero-order valence-corrected chi connectivity index (χ0v) is 15.9. The average Bonchev–Trinajstić information content (AvgIpc) is 2.86. The Kier molecular flexibility index (Phi) is 4.83. The number of fused-ring (bicyclic) bond motifs is 1. The number of amides is 1. The quantitative estimate of drug-likeness (QED) is 0.568. The molecule has 0 atom stereocenters. The maximum absolute atomic E-state index is 12.5. The zero-order chi connectivity index (χ0) is 17.3. The molecule has 122 valence electrons. The molecule has 1 aromatic heterocycles. The molecule has 0 aliphatic carbocycles. The van der Waals surface area contributed by atoms with Crippen molar-refractivity contribution < 1.29 is 4.79 Å². The molecular weight excluding hydrogens is 384 g/mol. The number of carbonyl (C=O) groups is 1. The minimum atomic E-state index is -0.241. The van der Waals surface area contributed by atoms with E-state index in [9.17, 15) is 4.79 Å². The minimum absolute atomic E-state index is 0.241. The molecule has 1 amide bonds. The summed E-state index contributed by atoms with van der Waals surface area (Å²) in [5.74, 6) is -0.241. The van der Waals surface area contributed by atoms with Gasteiger partial charge < -0.3 is 4.57 Å². The number of rotatable bonds is 3. The van der Waals surface area contributed by atoms with E-state index in [1.807, 2.05) is 22.8 Å². The van der Waals surface area contributed by atoms with Gasteiger partial charge >= 0.3 is 0 Å². The van der Waals surface area contributed by atoms with Gasteiger partial charge in [-0.05, 0) is 49.2 Å². The maximum Gasteiger partial charge on any atom is 0.279 e. The fourth-order valence-corrected chi connectivity index (χ4v) is 4.16. The molecule has 3 aromatic rings. The molecule has 0 aliphatic heterocycles. The Morgan fingerprint density at radius 2 is 2.12 bits per heavy atom. The molecule has 0 aliphatic rings. The molecule has 2 aromatic carbocycles. The zero-order valence-electron chi connectivity index (χ0n) is 13.5.